The van der Waals surface area contributed by atoms with E-state index in [1.807, 2.05) is 6.07 Å². The zero-order valence-electron chi connectivity index (χ0n) is 7.82. The summed E-state index contributed by atoms with van der Waals surface area (Å²) in [6.45, 7) is 0. The van der Waals surface area contributed by atoms with E-state index in [1.165, 1.54) is 23.0 Å². The number of halogens is 3. The Morgan fingerprint density at radius 2 is 1.94 bits per heavy atom. The minimum absolute atomic E-state index is 0.247. The van der Waals surface area contributed by atoms with Crippen LogP contribution in [0.5, 0.6) is 0 Å². The quantitative estimate of drug-likeness (QED) is 0.296. The maximum absolute atomic E-state index is 11.7. The van der Waals surface area contributed by atoms with Gasteiger partial charge >= 0.3 is 129 Å². The molecule has 0 aliphatic rings. The zero-order chi connectivity index (χ0) is 12.0. The van der Waals surface area contributed by atoms with E-state index in [4.69, 9.17) is 0 Å². The predicted molar refractivity (Wildman–Crippen MR) is 71.8 cm³/mol. The fraction of sp³-hybridized carbons (Fsp3) is 0.111. The van der Waals surface area contributed by atoms with Crippen molar-refractivity contribution < 1.29 is 29.9 Å². The van der Waals surface area contributed by atoms with Gasteiger partial charge < -0.3 is 0 Å². The molecule has 1 unspecified atom stereocenters. The third-order valence-electron chi connectivity index (χ3n) is 1.66. The second-order valence-electron chi connectivity index (χ2n) is 2.68. The van der Waals surface area contributed by atoms with Crippen LogP contribution in [-0.2, 0) is 7.86 Å². The van der Waals surface area contributed by atoms with Crippen LogP contribution in [0.25, 0.3) is 0 Å². The van der Waals surface area contributed by atoms with Crippen molar-refractivity contribution in [3.05, 3.63) is 35.9 Å². The van der Waals surface area contributed by atoms with Crippen LogP contribution in [0.1, 0.15) is 10.4 Å². The molecule has 88 valence electrons. The molecular formula is C9H7I3NO3-. The van der Waals surface area contributed by atoms with Gasteiger partial charge in [0.1, 0.15) is 0 Å². The molecule has 0 fully saturated rings. The van der Waals surface area contributed by atoms with Crippen molar-refractivity contribution in [3.8, 4) is 0 Å². The monoisotopic (exact) mass is 558 g/mol. The molecule has 1 amide bonds. The Kier molecular flexibility index (Phi) is 6.87. The first-order valence-corrected chi connectivity index (χ1v) is 12.5. The Morgan fingerprint density at radius 3 is 2.44 bits per heavy atom. The van der Waals surface area contributed by atoms with Crippen LogP contribution < -0.4 is 22.5 Å². The van der Waals surface area contributed by atoms with Crippen LogP contribution in [0.3, 0.4) is 0 Å². The number of alkyl halides is 1. The molecule has 0 radical (unpaired) electrons. The molecular weight excluding hydrogens is 551 g/mol. The number of rotatable bonds is 4. The molecule has 0 aliphatic heterocycles. The van der Waals surface area contributed by atoms with Gasteiger partial charge in [-0.25, -0.2) is 0 Å². The Hall–Kier alpha value is 0.350. The summed E-state index contributed by atoms with van der Waals surface area (Å²) in [5.41, 5.74) is 0.544. The molecule has 4 nitrogen and oxygen atoms in total. The maximum atomic E-state index is 11.7. The van der Waals surface area contributed by atoms with Crippen molar-refractivity contribution >= 4 is 53.5 Å². The van der Waals surface area contributed by atoms with Crippen LogP contribution in [0, 0.1) is 0 Å². The first kappa shape index (κ1) is 14.4. The molecule has 7 heteroatoms. The van der Waals surface area contributed by atoms with E-state index in [1.54, 1.807) is 24.3 Å². The fourth-order valence-corrected chi connectivity index (χ4v) is 4.48. The van der Waals surface area contributed by atoms with Gasteiger partial charge in [0.15, 0.2) is 0 Å². The Bertz CT molecular complexity index is 372. The molecule has 0 bridgehead atoms. The van der Waals surface area contributed by atoms with Crippen molar-refractivity contribution in [2.75, 3.05) is 0 Å². The van der Waals surface area contributed by atoms with Crippen LogP contribution >= 0.6 is 41.6 Å². The molecule has 1 aromatic rings. The standard InChI is InChI=1S/C9H7I3NO3/c10-12-7(9(15)16-11)13-8(14)6-4-2-1-3-5-6/h1-5,7H,(H,13,14)/q-1. The van der Waals surface area contributed by atoms with Crippen molar-refractivity contribution in [1.29, 1.82) is 0 Å². The molecule has 1 rings (SSSR count). The van der Waals surface area contributed by atoms with Crippen molar-refractivity contribution in [3.63, 3.8) is 0 Å². The van der Waals surface area contributed by atoms with Crippen LogP contribution in [-0.4, -0.2) is 15.9 Å². The summed E-state index contributed by atoms with van der Waals surface area (Å²) < 4.78 is 4.08. The van der Waals surface area contributed by atoms with Gasteiger partial charge in [0.2, 0.25) is 0 Å². The van der Waals surface area contributed by atoms with E-state index < -0.39 is 27.2 Å². The first-order chi connectivity index (χ1) is 7.69. The topological polar surface area (TPSA) is 55.4 Å². The Labute approximate surface area is 127 Å². The summed E-state index contributed by atoms with van der Waals surface area (Å²) in [5.74, 6) is -0.643. The molecule has 0 spiro atoms. The molecule has 1 N–H and O–H groups in total. The van der Waals surface area contributed by atoms with Crippen molar-refractivity contribution in [2.24, 2.45) is 0 Å². The second-order valence-corrected chi connectivity index (χ2v) is 8.00. The molecule has 1 atom stereocenters. The van der Waals surface area contributed by atoms with Gasteiger partial charge in [0.25, 0.3) is 0 Å². The van der Waals surface area contributed by atoms with Gasteiger partial charge in [0, 0.05) is 0 Å². The molecule has 0 aliphatic carbocycles. The summed E-state index contributed by atoms with van der Waals surface area (Å²) in [5, 5.41) is 2.66. The van der Waals surface area contributed by atoms with E-state index in [0.29, 0.717) is 5.56 Å². The number of hydrogen-bond acceptors (Lipinski definition) is 3. The van der Waals surface area contributed by atoms with Crippen LogP contribution in [0.4, 0.5) is 0 Å². The summed E-state index contributed by atoms with van der Waals surface area (Å²) in [4.78, 5) is 23.0. The van der Waals surface area contributed by atoms with Crippen LogP contribution in [0.2, 0.25) is 0 Å². The van der Waals surface area contributed by atoms with Gasteiger partial charge in [-0.15, -0.1) is 0 Å². The van der Waals surface area contributed by atoms with E-state index in [-0.39, 0.29) is 5.91 Å². The molecule has 0 heterocycles. The van der Waals surface area contributed by atoms with Gasteiger partial charge in [-0.3, -0.25) is 0 Å². The van der Waals surface area contributed by atoms with E-state index >= 15 is 0 Å². The first-order valence-electron chi connectivity index (χ1n) is 4.12. The van der Waals surface area contributed by atoms with E-state index in [0.717, 1.165) is 0 Å². The summed E-state index contributed by atoms with van der Waals surface area (Å²) in [7, 11) is 0. The van der Waals surface area contributed by atoms with Crippen LogP contribution in [0.15, 0.2) is 30.3 Å². The number of carbonyl (C=O) groups excluding carboxylic acids is 2. The number of hydrogen-bond donors (Lipinski definition) is 1. The van der Waals surface area contributed by atoms with Gasteiger partial charge in [-0.1, -0.05) is 0 Å². The fourth-order valence-electron chi connectivity index (χ4n) is 0.940. The molecule has 1 aromatic carbocycles. The molecule has 0 saturated heterocycles. The third-order valence-corrected chi connectivity index (χ3v) is 6.54. The van der Waals surface area contributed by atoms with Crippen molar-refractivity contribution in [2.45, 2.75) is 4.05 Å². The number of nitrogens with one attached hydrogen (secondary N) is 1. The molecule has 16 heavy (non-hydrogen) atoms. The average Bonchev–Trinajstić information content (AvgIpc) is 2.35. The molecule has 0 saturated carbocycles. The van der Waals surface area contributed by atoms with Gasteiger partial charge in [0.05, 0.1) is 0 Å². The van der Waals surface area contributed by atoms with Gasteiger partial charge in [-0.2, -0.15) is 0 Å². The van der Waals surface area contributed by atoms with Crippen molar-refractivity contribution in [1.82, 2.24) is 5.32 Å². The number of benzene rings is 1. The Morgan fingerprint density at radius 1 is 1.31 bits per heavy atom. The minimum atomic E-state index is -0.496. The third kappa shape index (κ3) is 4.31. The summed E-state index contributed by atoms with van der Waals surface area (Å²) in [6.07, 6.45) is 0. The number of carbonyl (C=O) groups is 2. The summed E-state index contributed by atoms with van der Waals surface area (Å²) >= 11 is 3.19. The normalized spacial score (nSPS) is 11.9. The zero-order valence-corrected chi connectivity index (χ0v) is 14.3. The van der Waals surface area contributed by atoms with E-state index in [9.17, 15) is 9.59 Å². The predicted octanol–water partition coefficient (Wildman–Crippen LogP) is -0.925. The number of amides is 1. The molecule has 0 aromatic heterocycles. The summed E-state index contributed by atoms with van der Waals surface area (Å²) in [6, 6.07) is 8.79. The average molecular weight is 558 g/mol. The SMILES string of the molecule is O=C(NC([I-]I)C(=O)OI)c1ccccc1. The Balaban J connectivity index is 2.66. The van der Waals surface area contributed by atoms with E-state index in [2.05, 4.69) is 27.0 Å². The second kappa shape index (κ2) is 7.63. The van der Waals surface area contributed by atoms with Gasteiger partial charge in [-0.05, 0) is 0 Å².